The van der Waals surface area contributed by atoms with E-state index in [4.69, 9.17) is 0 Å². The first-order valence-electron chi connectivity index (χ1n) is 8.78. The van der Waals surface area contributed by atoms with Crippen molar-refractivity contribution in [3.05, 3.63) is 66.0 Å². The Morgan fingerprint density at radius 3 is 2.39 bits per heavy atom. The monoisotopic (exact) mass is 403 g/mol. The lowest BCUT2D eigenvalue weighted by molar-refractivity contribution is -0.145. The molecule has 1 atom stereocenters. The summed E-state index contributed by atoms with van der Waals surface area (Å²) < 4.78 is 39.8. The van der Waals surface area contributed by atoms with E-state index in [1.54, 1.807) is 42.5 Å². The molecule has 0 spiro atoms. The van der Waals surface area contributed by atoms with E-state index in [9.17, 15) is 18.0 Å². The van der Waals surface area contributed by atoms with Gasteiger partial charge in [-0.3, -0.25) is 4.79 Å². The SMILES string of the molecule is O=C(NC1CC1)[C@H](Sc1nc(C(F)(F)F)nc2ccccc12)c1ccccc1. The fourth-order valence-corrected chi connectivity index (χ4v) is 3.91. The molecule has 0 unspecified atom stereocenters. The van der Waals surface area contributed by atoms with Gasteiger partial charge in [-0.05, 0) is 24.5 Å². The molecule has 2 aromatic carbocycles. The highest BCUT2D eigenvalue weighted by Gasteiger charge is 2.36. The summed E-state index contributed by atoms with van der Waals surface area (Å²) in [7, 11) is 0. The lowest BCUT2D eigenvalue weighted by Gasteiger charge is -2.18. The standard InChI is InChI=1S/C20H16F3N3OS/c21-20(22,23)19-25-15-9-5-4-8-14(15)18(26-19)28-16(12-6-2-1-3-7-12)17(27)24-13-10-11-13/h1-9,13,16H,10-11H2,(H,24,27)/t16-/m1/s1. The van der Waals surface area contributed by atoms with Crippen molar-refractivity contribution < 1.29 is 18.0 Å². The summed E-state index contributed by atoms with van der Waals surface area (Å²) in [6.45, 7) is 0. The van der Waals surface area contributed by atoms with Crippen LogP contribution in [0.1, 0.15) is 29.5 Å². The molecule has 1 N–H and O–H groups in total. The molecule has 28 heavy (non-hydrogen) atoms. The normalized spacial score (nSPS) is 15.4. The Morgan fingerprint density at radius 1 is 1.04 bits per heavy atom. The van der Waals surface area contributed by atoms with Gasteiger partial charge in [0.1, 0.15) is 10.3 Å². The molecule has 0 radical (unpaired) electrons. The van der Waals surface area contributed by atoms with Crippen molar-refractivity contribution in [3.63, 3.8) is 0 Å². The van der Waals surface area contributed by atoms with E-state index in [0.717, 1.165) is 24.6 Å². The van der Waals surface area contributed by atoms with E-state index in [1.165, 1.54) is 6.07 Å². The largest absolute Gasteiger partial charge is 0.451 e. The zero-order valence-corrected chi connectivity index (χ0v) is 15.4. The predicted molar refractivity (Wildman–Crippen MR) is 101 cm³/mol. The number of fused-ring (bicyclic) bond motifs is 1. The van der Waals surface area contributed by atoms with E-state index in [0.29, 0.717) is 10.9 Å². The van der Waals surface area contributed by atoms with Crippen LogP contribution in [0, 0.1) is 0 Å². The number of carbonyl (C=O) groups excluding carboxylic acids is 1. The maximum absolute atomic E-state index is 13.3. The number of hydrogen-bond acceptors (Lipinski definition) is 4. The second-order valence-corrected chi connectivity index (χ2v) is 7.65. The number of amides is 1. The lowest BCUT2D eigenvalue weighted by atomic mass is 10.1. The molecule has 1 heterocycles. The minimum atomic E-state index is -4.67. The van der Waals surface area contributed by atoms with Gasteiger partial charge in [0.15, 0.2) is 0 Å². The highest BCUT2D eigenvalue weighted by molar-refractivity contribution is 8.00. The highest BCUT2D eigenvalue weighted by atomic mass is 32.2. The molecule has 8 heteroatoms. The van der Waals surface area contributed by atoms with Crippen LogP contribution in [-0.4, -0.2) is 21.9 Å². The van der Waals surface area contributed by atoms with E-state index in [-0.39, 0.29) is 22.5 Å². The van der Waals surface area contributed by atoms with Crippen LogP contribution in [0.25, 0.3) is 10.9 Å². The zero-order chi connectivity index (χ0) is 19.7. The number of carbonyl (C=O) groups is 1. The van der Waals surface area contributed by atoms with Crippen molar-refractivity contribution in [2.45, 2.75) is 35.3 Å². The first-order valence-corrected chi connectivity index (χ1v) is 9.66. The average Bonchev–Trinajstić information content (AvgIpc) is 3.49. The van der Waals surface area contributed by atoms with E-state index < -0.39 is 17.3 Å². The number of thioether (sulfide) groups is 1. The minimum Gasteiger partial charge on any atom is -0.352 e. The summed E-state index contributed by atoms with van der Waals surface area (Å²) in [5.74, 6) is -1.43. The first kappa shape index (κ1) is 18.7. The summed E-state index contributed by atoms with van der Waals surface area (Å²) in [4.78, 5) is 20.2. The third kappa shape index (κ3) is 4.11. The van der Waals surface area contributed by atoms with E-state index >= 15 is 0 Å². The van der Waals surface area contributed by atoms with E-state index in [1.807, 2.05) is 6.07 Å². The summed E-state index contributed by atoms with van der Waals surface area (Å²) in [5, 5.41) is 2.86. The number of nitrogens with zero attached hydrogens (tertiary/aromatic N) is 2. The molecule has 1 fully saturated rings. The number of para-hydroxylation sites is 1. The number of hydrogen-bond donors (Lipinski definition) is 1. The molecule has 0 aliphatic heterocycles. The van der Waals surface area contributed by atoms with Crippen LogP contribution in [0.4, 0.5) is 13.2 Å². The maximum atomic E-state index is 13.3. The van der Waals surface area contributed by atoms with Gasteiger partial charge in [0.2, 0.25) is 11.7 Å². The van der Waals surface area contributed by atoms with Crippen LogP contribution in [0.5, 0.6) is 0 Å². The fourth-order valence-electron chi connectivity index (χ4n) is 2.78. The molecular weight excluding hydrogens is 387 g/mol. The Kier molecular flexibility index (Phi) is 4.97. The highest BCUT2D eigenvalue weighted by Crippen LogP contribution is 2.40. The zero-order valence-electron chi connectivity index (χ0n) is 14.6. The second kappa shape index (κ2) is 7.43. The smallest absolute Gasteiger partial charge is 0.352 e. The van der Waals surface area contributed by atoms with Crippen molar-refractivity contribution in [2.24, 2.45) is 0 Å². The van der Waals surface area contributed by atoms with Gasteiger partial charge in [-0.15, -0.1) is 0 Å². The number of nitrogens with one attached hydrogen (secondary N) is 1. The number of aromatic nitrogens is 2. The van der Waals surface area contributed by atoms with Gasteiger partial charge in [0.25, 0.3) is 0 Å². The summed E-state index contributed by atoms with van der Waals surface area (Å²) in [5.41, 5.74) is 0.906. The van der Waals surface area contributed by atoms with Gasteiger partial charge in [-0.1, -0.05) is 60.3 Å². The summed E-state index contributed by atoms with van der Waals surface area (Å²) in [6, 6.07) is 15.7. The third-order valence-electron chi connectivity index (χ3n) is 4.32. The van der Waals surface area contributed by atoms with Crippen LogP contribution in [0.3, 0.4) is 0 Å². The Balaban J connectivity index is 1.77. The summed E-state index contributed by atoms with van der Waals surface area (Å²) in [6.07, 6.45) is -2.82. The molecule has 0 saturated heterocycles. The Bertz CT molecular complexity index is 1010. The molecule has 3 aromatic rings. The Hall–Kier alpha value is -2.61. The van der Waals surface area contributed by atoms with Crippen molar-refractivity contribution >= 4 is 28.6 Å². The molecule has 1 aromatic heterocycles. The van der Waals surface area contributed by atoms with Gasteiger partial charge in [-0.25, -0.2) is 9.97 Å². The van der Waals surface area contributed by atoms with Crippen LogP contribution < -0.4 is 5.32 Å². The van der Waals surface area contributed by atoms with Crippen molar-refractivity contribution in [1.82, 2.24) is 15.3 Å². The predicted octanol–water partition coefficient (Wildman–Crippen LogP) is 4.76. The van der Waals surface area contributed by atoms with Crippen LogP contribution in [0.15, 0.2) is 59.6 Å². The molecule has 4 rings (SSSR count). The molecular formula is C20H16F3N3OS. The van der Waals surface area contributed by atoms with Crippen molar-refractivity contribution in [3.8, 4) is 0 Å². The number of rotatable bonds is 5. The van der Waals surface area contributed by atoms with Gasteiger partial charge >= 0.3 is 6.18 Å². The topological polar surface area (TPSA) is 54.9 Å². The number of halogens is 3. The number of benzene rings is 2. The number of alkyl halides is 3. The van der Waals surface area contributed by atoms with Gasteiger partial charge < -0.3 is 5.32 Å². The second-order valence-electron chi connectivity index (χ2n) is 6.56. The Morgan fingerprint density at radius 2 is 1.71 bits per heavy atom. The van der Waals surface area contributed by atoms with Gasteiger partial charge in [0, 0.05) is 11.4 Å². The molecule has 1 saturated carbocycles. The molecule has 0 bridgehead atoms. The molecule has 1 aliphatic carbocycles. The fraction of sp³-hybridized carbons (Fsp3) is 0.250. The summed E-state index contributed by atoms with van der Waals surface area (Å²) >= 11 is 1.02. The van der Waals surface area contributed by atoms with Crippen LogP contribution in [0.2, 0.25) is 0 Å². The average molecular weight is 403 g/mol. The first-order chi connectivity index (χ1) is 13.4. The van der Waals surface area contributed by atoms with E-state index in [2.05, 4.69) is 15.3 Å². The van der Waals surface area contributed by atoms with Crippen LogP contribution >= 0.6 is 11.8 Å². The lowest BCUT2D eigenvalue weighted by Crippen LogP contribution is -2.29. The van der Waals surface area contributed by atoms with Crippen molar-refractivity contribution in [1.29, 1.82) is 0 Å². The van der Waals surface area contributed by atoms with Crippen molar-refractivity contribution in [2.75, 3.05) is 0 Å². The molecule has 4 nitrogen and oxygen atoms in total. The van der Waals surface area contributed by atoms with Crippen LogP contribution in [-0.2, 0) is 11.0 Å². The quantitative estimate of drug-likeness (QED) is 0.493. The van der Waals surface area contributed by atoms with Gasteiger partial charge in [0.05, 0.1) is 5.52 Å². The maximum Gasteiger partial charge on any atom is 0.451 e. The molecule has 1 amide bonds. The minimum absolute atomic E-state index is 0.137. The third-order valence-corrected chi connectivity index (χ3v) is 5.57. The molecule has 144 valence electrons. The molecule has 1 aliphatic rings. The van der Waals surface area contributed by atoms with Gasteiger partial charge in [-0.2, -0.15) is 13.2 Å². The Labute approximate surface area is 163 Å².